The smallest absolute Gasteiger partial charge is 0.151 e. The number of nitrogens with zero attached hydrogens (tertiary/aromatic N) is 2. The number of anilines is 2. The summed E-state index contributed by atoms with van der Waals surface area (Å²) in [5.74, 6) is 1.71. The summed E-state index contributed by atoms with van der Waals surface area (Å²) < 4.78 is 5.85. The van der Waals surface area contributed by atoms with E-state index in [4.69, 9.17) is 4.74 Å². The van der Waals surface area contributed by atoms with Crippen molar-refractivity contribution in [3.05, 3.63) is 48.5 Å². The van der Waals surface area contributed by atoms with Gasteiger partial charge >= 0.3 is 0 Å². The molecule has 0 unspecified atom stereocenters. The van der Waals surface area contributed by atoms with Crippen molar-refractivity contribution in [2.45, 2.75) is 0 Å². The molecule has 0 radical (unpaired) electrons. The third-order valence-electron chi connectivity index (χ3n) is 2.70. The largest absolute Gasteiger partial charge is 0.453 e. The van der Waals surface area contributed by atoms with Gasteiger partial charge in [-0.3, -0.25) is 9.89 Å². The summed E-state index contributed by atoms with van der Waals surface area (Å²) in [4.78, 5) is 6.14. The maximum atomic E-state index is 5.85. The van der Waals surface area contributed by atoms with Crippen LogP contribution in [0.3, 0.4) is 0 Å². The number of hydrogen-bond donors (Lipinski definition) is 0. The lowest BCUT2D eigenvalue weighted by atomic mass is 10.2. The van der Waals surface area contributed by atoms with Crippen molar-refractivity contribution in [1.82, 2.24) is 0 Å². The van der Waals surface area contributed by atoms with Gasteiger partial charge in [0.2, 0.25) is 0 Å². The van der Waals surface area contributed by atoms with Crippen LogP contribution in [0.5, 0.6) is 11.5 Å². The molecular weight excluding hydrogens is 212 g/mol. The van der Waals surface area contributed by atoms with Gasteiger partial charge in [0.15, 0.2) is 11.5 Å². The molecule has 0 fully saturated rings. The molecule has 2 aromatic rings. The molecule has 0 aromatic heterocycles. The molecule has 0 atom stereocenters. The SMILES string of the molecule is C/N=C\N1c2ccccc2Oc2ccccc21. The van der Waals surface area contributed by atoms with E-state index in [1.54, 1.807) is 13.4 Å². The molecule has 2 aromatic carbocycles. The van der Waals surface area contributed by atoms with Crippen molar-refractivity contribution in [3.8, 4) is 11.5 Å². The minimum Gasteiger partial charge on any atom is -0.453 e. The minimum absolute atomic E-state index is 0.853. The van der Waals surface area contributed by atoms with E-state index in [2.05, 4.69) is 4.99 Å². The molecule has 1 heterocycles. The molecule has 0 N–H and O–H groups in total. The Morgan fingerprint density at radius 2 is 1.47 bits per heavy atom. The fourth-order valence-electron chi connectivity index (χ4n) is 1.97. The topological polar surface area (TPSA) is 24.8 Å². The van der Waals surface area contributed by atoms with Gasteiger partial charge in [-0.25, -0.2) is 0 Å². The van der Waals surface area contributed by atoms with Crippen molar-refractivity contribution in [1.29, 1.82) is 0 Å². The predicted molar refractivity (Wildman–Crippen MR) is 69.5 cm³/mol. The number of hydrogen-bond acceptors (Lipinski definition) is 2. The quantitative estimate of drug-likeness (QED) is 0.546. The van der Waals surface area contributed by atoms with Gasteiger partial charge in [-0.15, -0.1) is 0 Å². The molecule has 17 heavy (non-hydrogen) atoms. The van der Waals surface area contributed by atoms with Gasteiger partial charge in [-0.1, -0.05) is 24.3 Å². The molecule has 1 aliphatic rings. The Hall–Kier alpha value is -2.29. The molecule has 3 rings (SSSR count). The second kappa shape index (κ2) is 3.94. The maximum Gasteiger partial charge on any atom is 0.151 e. The minimum atomic E-state index is 0.853. The molecule has 1 aliphatic heterocycles. The number of ether oxygens (including phenoxy) is 1. The number of aliphatic imine (C=N–C) groups is 1. The van der Waals surface area contributed by atoms with E-state index in [-0.39, 0.29) is 0 Å². The van der Waals surface area contributed by atoms with Crippen molar-refractivity contribution in [2.24, 2.45) is 4.99 Å². The number of benzene rings is 2. The second-order valence-corrected chi connectivity index (χ2v) is 3.78. The van der Waals surface area contributed by atoms with Crippen LogP contribution in [-0.4, -0.2) is 13.4 Å². The first-order valence-electron chi connectivity index (χ1n) is 5.47. The van der Waals surface area contributed by atoms with Crippen LogP contribution in [0, 0.1) is 0 Å². The summed E-state index contributed by atoms with van der Waals surface area (Å²) in [7, 11) is 1.76. The van der Waals surface area contributed by atoms with Crippen LogP contribution in [0.2, 0.25) is 0 Å². The van der Waals surface area contributed by atoms with Crippen LogP contribution in [0.15, 0.2) is 53.5 Å². The van der Waals surface area contributed by atoms with Crippen LogP contribution < -0.4 is 9.64 Å². The Kier molecular flexibility index (Phi) is 2.29. The first-order valence-corrected chi connectivity index (χ1v) is 5.47. The molecule has 0 aliphatic carbocycles. The average molecular weight is 224 g/mol. The average Bonchev–Trinajstić information content (AvgIpc) is 2.39. The summed E-state index contributed by atoms with van der Waals surface area (Å²) in [6.45, 7) is 0. The lowest BCUT2D eigenvalue weighted by Gasteiger charge is -2.29. The van der Waals surface area contributed by atoms with Crippen molar-refractivity contribution >= 4 is 17.7 Å². The molecule has 84 valence electrons. The molecule has 0 spiro atoms. The van der Waals surface area contributed by atoms with E-state index in [1.807, 2.05) is 53.4 Å². The molecule has 0 saturated carbocycles. The van der Waals surface area contributed by atoms with Gasteiger partial charge in [0, 0.05) is 7.05 Å². The van der Waals surface area contributed by atoms with Crippen molar-refractivity contribution in [2.75, 3.05) is 11.9 Å². The zero-order chi connectivity index (χ0) is 11.7. The second-order valence-electron chi connectivity index (χ2n) is 3.78. The molecule has 3 heteroatoms. The Bertz CT molecular complexity index is 532. The number of para-hydroxylation sites is 4. The summed E-state index contributed by atoms with van der Waals surface area (Å²) in [5.41, 5.74) is 2.02. The standard InChI is InChI=1S/C14H12N2O/c1-15-10-16-11-6-2-4-8-13(11)17-14-9-5-3-7-12(14)16/h2-10H,1H3/b15-10-. The van der Waals surface area contributed by atoms with Crippen LogP contribution in [0.25, 0.3) is 0 Å². The molecule has 0 bridgehead atoms. The molecular formula is C14H12N2O. The molecule has 0 amide bonds. The van der Waals surface area contributed by atoms with E-state index < -0.39 is 0 Å². The van der Waals surface area contributed by atoms with Crippen molar-refractivity contribution in [3.63, 3.8) is 0 Å². The van der Waals surface area contributed by atoms with Crippen LogP contribution in [0.4, 0.5) is 11.4 Å². The first-order chi connectivity index (χ1) is 8.40. The lowest BCUT2D eigenvalue weighted by Crippen LogP contribution is -2.19. The van der Waals surface area contributed by atoms with Gasteiger partial charge in [0.1, 0.15) is 0 Å². The highest BCUT2D eigenvalue weighted by molar-refractivity contribution is 5.95. The van der Waals surface area contributed by atoms with E-state index in [0.717, 1.165) is 22.9 Å². The zero-order valence-electron chi connectivity index (χ0n) is 9.50. The van der Waals surface area contributed by atoms with E-state index in [9.17, 15) is 0 Å². The third kappa shape index (κ3) is 1.56. The van der Waals surface area contributed by atoms with E-state index >= 15 is 0 Å². The highest BCUT2D eigenvalue weighted by Gasteiger charge is 2.21. The normalized spacial score (nSPS) is 13.1. The summed E-state index contributed by atoms with van der Waals surface area (Å²) in [6, 6.07) is 15.9. The Balaban J connectivity index is 2.20. The van der Waals surface area contributed by atoms with Crippen LogP contribution >= 0.6 is 0 Å². The monoisotopic (exact) mass is 224 g/mol. The fourth-order valence-corrected chi connectivity index (χ4v) is 1.97. The third-order valence-corrected chi connectivity index (χ3v) is 2.70. The highest BCUT2D eigenvalue weighted by atomic mass is 16.5. The molecule has 3 nitrogen and oxygen atoms in total. The van der Waals surface area contributed by atoms with Crippen molar-refractivity contribution < 1.29 is 4.74 Å². The Morgan fingerprint density at radius 1 is 0.941 bits per heavy atom. The van der Waals surface area contributed by atoms with Gasteiger partial charge in [0.25, 0.3) is 0 Å². The lowest BCUT2D eigenvalue weighted by molar-refractivity contribution is 0.478. The van der Waals surface area contributed by atoms with Crippen LogP contribution in [0.1, 0.15) is 0 Å². The number of fused-ring (bicyclic) bond motifs is 2. The first kappa shape index (κ1) is 9.90. The maximum absolute atomic E-state index is 5.85. The molecule has 0 saturated heterocycles. The van der Waals surface area contributed by atoms with E-state index in [1.165, 1.54) is 0 Å². The van der Waals surface area contributed by atoms with Gasteiger partial charge in [-0.2, -0.15) is 0 Å². The van der Waals surface area contributed by atoms with E-state index in [0.29, 0.717) is 0 Å². The van der Waals surface area contributed by atoms with Gasteiger partial charge in [0.05, 0.1) is 17.7 Å². The fraction of sp³-hybridized carbons (Fsp3) is 0.0714. The van der Waals surface area contributed by atoms with Gasteiger partial charge < -0.3 is 4.74 Å². The number of rotatable bonds is 1. The van der Waals surface area contributed by atoms with Crippen LogP contribution in [-0.2, 0) is 0 Å². The summed E-state index contributed by atoms with van der Waals surface area (Å²) in [5, 5.41) is 0. The Morgan fingerprint density at radius 3 is 2.00 bits per heavy atom. The zero-order valence-corrected chi connectivity index (χ0v) is 9.50. The van der Waals surface area contributed by atoms with Gasteiger partial charge in [-0.05, 0) is 24.3 Å². The summed E-state index contributed by atoms with van der Waals surface area (Å²) >= 11 is 0. The highest BCUT2D eigenvalue weighted by Crippen LogP contribution is 2.45. The Labute approximate surface area is 100.0 Å². The summed E-state index contributed by atoms with van der Waals surface area (Å²) in [6.07, 6.45) is 1.81. The predicted octanol–water partition coefficient (Wildman–Crippen LogP) is 3.59.